The number of aromatic nitrogens is 4. The van der Waals surface area contributed by atoms with Crippen LogP contribution in [0, 0.1) is 0 Å². The number of amides is 1. The number of H-pyrrole nitrogens is 1. The van der Waals surface area contributed by atoms with Gasteiger partial charge in [0.25, 0.3) is 5.56 Å². The molecule has 6 aromatic rings. The number of aliphatic hydroxyl groups excluding tert-OH is 1. The summed E-state index contributed by atoms with van der Waals surface area (Å²) >= 11 is 0. The van der Waals surface area contributed by atoms with Crippen LogP contribution in [0.5, 0.6) is 0 Å². The van der Waals surface area contributed by atoms with Crippen LogP contribution in [0.3, 0.4) is 0 Å². The van der Waals surface area contributed by atoms with Crippen molar-refractivity contribution in [1.82, 2.24) is 19.5 Å². The van der Waals surface area contributed by atoms with Gasteiger partial charge in [-0.15, -0.1) is 0 Å². The number of nitrogens with one attached hydrogen (secondary N) is 1. The lowest BCUT2D eigenvalue weighted by molar-refractivity contribution is -0.116. The van der Waals surface area contributed by atoms with Crippen molar-refractivity contribution in [3.8, 4) is 0 Å². The van der Waals surface area contributed by atoms with Gasteiger partial charge in [-0.05, 0) is 44.5 Å². The van der Waals surface area contributed by atoms with Crippen molar-refractivity contribution in [1.29, 1.82) is 0 Å². The van der Waals surface area contributed by atoms with Crippen LogP contribution in [-0.2, 0) is 18.6 Å². The fourth-order valence-electron chi connectivity index (χ4n) is 5.91. The summed E-state index contributed by atoms with van der Waals surface area (Å²) in [5.41, 5.74) is 5.53. The van der Waals surface area contributed by atoms with Crippen molar-refractivity contribution in [2.75, 3.05) is 17.2 Å². The lowest BCUT2D eigenvalue weighted by Crippen LogP contribution is -2.28. The molecule has 1 saturated heterocycles. The maximum Gasteiger partial charge on any atom is 0.469 e. The molecule has 1 fully saturated rings. The van der Waals surface area contributed by atoms with Crippen molar-refractivity contribution >= 4 is 74.8 Å². The first-order valence-corrected chi connectivity index (χ1v) is 14.8. The average molecular weight is 605 g/mol. The molecular weight excluding hydrogens is 579 g/mol. The molecule has 0 aliphatic carbocycles. The molecule has 6 N–H and O–H groups in total. The third kappa shape index (κ3) is 4.61. The first-order chi connectivity index (χ1) is 20.5. The summed E-state index contributed by atoms with van der Waals surface area (Å²) in [6.07, 6.45) is -3.48. The van der Waals surface area contributed by atoms with E-state index in [1.54, 1.807) is 0 Å². The van der Waals surface area contributed by atoms with Gasteiger partial charge < -0.3 is 25.4 Å². The number of hydrogen-bond acceptors (Lipinski definition) is 9. The van der Waals surface area contributed by atoms with Gasteiger partial charge in [-0.3, -0.25) is 28.6 Å². The Morgan fingerprint density at radius 3 is 2.37 bits per heavy atom. The third-order valence-corrected chi connectivity index (χ3v) is 8.16. The molecule has 1 aliphatic heterocycles. The number of phosphoric acid groups is 1. The Kier molecular flexibility index (Phi) is 6.25. The molecule has 0 bridgehead atoms. The lowest BCUT2D eigenvalue weighted by Gasteiger charge is -2.25. The van der Waals surface area contributed by atoms with Gasteiger partial charge in [0.05, 0.1) is 18.4 Å². The van der Waals surface area contributed by atoms with Crippen molar-refractivity contribution in [2.24, 2.45) is 0 Å². The quantitative estimate of drug-likeness (QED) is 0.138. The number of carbonyl (C=O) groups excluding carboxylic acids is 1. The normalized spacial score (nSPS) is 19.3. The van der Waals surface area contributed by atoms with E-state index in [0.717, 1.165) is 32.3 Å². The second kappa shape index (κ2) is 9.81. The van der Waals surface area contributed by atoms with Gasteiger partial charge in [0.1, 0.15) is 12.3 Å². The van der Waals surface area contributed by atoms with E-state index in [0.29, 0.717) is 5.69 Å². The van der Waals surface area contributed by atoms with Crippen molar-refractivity contribution in [3.05, 3.63) is 65.0 Å². The molecule has 0 saturated carbocycles. The molecule has 220 valence electrons. The van der Waals surface area contributed by atoms with E-state index >= 15 is 0 Å². The summed E-state index contributed by atoms with van der Waals surface area (Å²) < 4.78 is 23.1. The molecule has 4 aromatic carbocycles. The monoisotopic (exact) mass is 604 g/mol. The number of anilines is 3. The number of rotatable bonds is 6. The molecule has 3 atom stereocenters. The molecule has 43 heavy (non-hydrogen) atoms. The molecule has 0 spiro atoms. The van der Waals surface area contributed by atoms with E-state index in [9.17, 15) is 19.3 Å². The smallest absolute Gasteiger partial charge is 0.390 e. The second-order valence-electron chi connectivity index (χ2n) is 10.5. The maximum atomic E-state index is 13.4. The predicted molar refractivity (Wildman–Crippen MR) is 158 cm³/mol. The summed E-state index contributed by atoms with van der Waals surface area (Å²) in [4.78, 5) is 57.0. The summed E-state index contributed by atoms with van der Waals surface area (Å²) in [5.74, 6) is -0.663. The zero-order valence-corrected chi connectivity index (χ0v) is 23.4. The van der Waals surface area contributed by atoms with Crippen LogP contribution in [0.25, 0.3) is 43.5 Å². The summed E-state index contributed by atoms with van der Waals surface area (Å²) in [7, 11) is -4.84. The minimum absolute atomic E-state index is 0.00563. The number of benzene rings is 4. The summed E-state index contributed by atoms with van der Waals surface area (Å²) in [6, 6.07) is 17.8. The average Bonchev–Trinajstić information content (AvgIpc) is 3.49. The van der Waals surface area contributed by atoms with E-state index < -0.39 is 44.3 Å². The van der Waals surface area contributed by atoms with Gasteiger partial charge >= 0.3 is 7.82 Å². The predicted octanol–water partition coefficient (Wildman–Crippen LogP) is 3.04. The zero-order chi connectivity index (χ0) is 30.2. The Balaban J connectivity index is 1.41. The first kappa shape index (κ1) is 27.4. The number of phosphoric ester groups is 1. The second-order valence-corrected chi connectivity index (χ2v) is 11.7. The number of ether oxygens (including phenoxy) is 1. The molecule has 1 aliphatic rings. The number of nitrogens with two attached hydrogens (primary N) is 1. The van der Waals surface area contributed by atoms with Crippen molar-refractivity contribution < 1.29 is 33.5 Å². The molecular formula is C28H25N6O8P. The Morgan fingerprint density at radius 1 is 1.12 bits per heavy atom. The van der Waals surface area contributed by atoms with Gasteiger partial charge in [-0.25, -0.2) is 9.55 Å². The maximum absolute atomic E-state index is 13.4. The Labute approximate surface area is 241 Å². The molecule has 14 nitrogen and oxygen atoms in total. The Bertz CT molecular complexity index is 2110. The number of fused-ring (bicyclic) bond motifs is 1. The van der Waals surface area contributed by atoms with Gasteiger partial charge in [-0.1, -0.05) is 42.5 Å². The number of hydrogen-bond donors (Lipinski definition) is 5. The van der Waals surface area contributed by atoms with Gasteiger partial charge in [-0.2, -0.15) is 4.98 Å². The van der Waals surface area contributed by atoms with E-state index in [1.165, 1.54) is 16.4 Å². The summed E-state index contributed by atoms with van der Waals surface area (Å²) in [5, 5.41) is 16.8. The molecule has 1 amide bonds. The standard InChI is InChI=1S/C28H25N6O8P/c1-13(35)33(18-9-16-7-5-14-3-2-4-15-6-8-17(10-18)23(16)22(14)15)28-30-24-25(31-27(29)32-26(24)37)34(28)21-11-19(36)20(42-21)12-41-43(38,39)40/h2-10,19-21,36H,11-12H2,1H3,(H2,38,39,40)(H3,29,31,32,37)/t19-,20+,21+/m0/s1. The number of imidazole rings is 1. The number of aromatic amines is 1. The largest absolute Gasteiger partial charge is 0.469 e. The zero-order valence-electron chi connectivity index (χ0n) is 22.5. The SMILES string of the molecule is CC(=O)N(c1cc2ccc3cccc4ccc(c1)c2c34)c1nc2c(=O)[nH]c(N)nc2n1[C@H]1C[C@H](O)[C@@H](COP(=O)(O)O)O1. The van der Waals surface area contributed by atoms with Crippen LogP contribution < -0.4 is 16.2 Å². The van der Waals surface area contributed by atoms with Crippen LogP contribution in [0.15, 0.2) is 59.4 Å². The van der Waals surface area contributed by atoms with Crippen LogP contribution in [0.2, 0.25) is 0 Å². The van der Waals surface area contributed by atoms with Crippen LogP contribution in [0.1, 0.15) is 19.6 Å². The van der Waals surface area contributed by atoms with Gasteiger partial charge in [0, 0.05) is 13.3 Å². The van der Waals surface area contributed by atoms with E-state index in [-0.39, 0.29) is 29.5 Å². The highest BCUT2D eigenvalue weighted by atomic mass is 31.2. The first-order valence-electron chi connectivity index (χ1n) is 13.3. The number of nitrogen functional groups attached to an aromatic ring is 1. The van der Waals surface area contributed by atoms with E-state index in [1.807, 2.05) is 54.6 Å². The molecule has 3 heterocycles. The van der Waals surface area contributed by atoms with Crippen LogP contribution >= 0.6 is 7.82 Å². The van der Waals surface area contributed by atoms with E-state index in [4.69, 9.17) is 20.3 Å². The van der Waals surface area contributed by atoms with Crippen LogP contribution in [0.4, 0.5) is 17.6 Å². The van der Waals surface area contributed by atoms with E-state index in [2.05, 4.69) is 19.5 Å². The van der Waals surface area contributed by atoms with Gasteiger partial charge in [0.2, 0.25) is 17.8 Å². The van der Waals surface area contributed by atoms with Gasteiger partial charge in [0.15, 0.2) is 11.2 Å². The topological polar surface area (TPSA) is 206 Å². The number of aliphatic hydroxyl groups is 1. The molecule has 0 radical (unpaired) electrons. The highest BCUT2D eigenvalue weighted by Crippen LogP contribution is 2.42. The van der Waals surface area contributed by atoms with Crippen molar-refractivity contribution in [2.45, 2.75) is 31.8 Å². The molecule has 15 heteroatoms. The third-order valence-electron chi connectivity index (χ3n) is 7.67. The fourth-order valence-corrected chi connectivity index (χ4v) is 6.25. The molecule has 2 aromatic heterocycles. The lowest BCUT2D eigenvalue weighted by atomic mass is 9.94. The highest BCUT2D eigenvalue weighted by molar-refractivity contribution is 7.46. The minimum Gasteiger partial charge on any atom is -0.390 e. The fraction of sp³-hybridized carbons (Fsp3) is 0.214. The summed E-state index contributed by atoms with van der Waals surface area (Å²) in [6.45, 7) is 0.744. The Morgan fingerprint density at radius 2 is 1.74 bits per heavy atom. The molecule has 0 unspecified atom stereocenters. The minimum atomic E-state index is -4.84. The Hall–Kier alpha value is -4.43. The number of nitrogens with zero attached hydrogens (tertiary/aromatic N) is 4. The molecule has 7 rings (SSSR count). The van der Waals surface area contributed by atoms with Crippen LogP contribution in [-0.4, -0.2) is 59.1 Å². The van der Waals surface area contributed by atoms with Crippen molar-refractivity contribution in [3.63, 3.8) is 0 Å². The highest BCUT2D eigenvalue weighted by Gasteiger charge is 2.40. The number of carbonyl (C=O) groups is 1.